The Bertz CT molecular complexity index is 1290. The first-order valence-corrected chi connectivity index (χ1v) is 22.6. The van der Waals surface area contributed by atoms with Gasteiger partial charge in [-0.05, 0) is 89.9 Å². The Hall–Kier alpha value is -4.19. The van der Waals surface area contributed by atoms with E-state index in [0.29, 0.717) is 19.3 Å². The lowest BCUT2D eigenvalue weighted by Crippen LogP contribution is -2.30. The van der Waals surface area contributed by atoms with Crippen LogP contribution in [0.2, 0.25) is 0 Å². The number of carbonyl (C=O) groups is 3. The minimum absolute atomic E-state index is 0.118. The van der Waals surface area contributed by atoms with E-state index in [2.05, 4.69) is 69.4 Å². The molecule has 0 heterocycles. The predicted molar refractivity (Wildman–Crippen MR) is 246 cm³/mol. The average molecular weight is 801 g/mol. The molecule has 6 heteroatoms. The standard InChI is InChI=1S/C52H80O6/c1-4-7-10-13-16-19-21-23-24-25-26-27-28-29-31-33-36-39-42-45-51(54)57-48-49(47-56-50(53)44-41-38-35-32-18-15-12-9-6-3)58-52(55)46-43-40-37-34-30-22-20-17-14-11-8-5-2/h7,9-10,12-13,16-21,23-29,31-32,49H,4-6,8,11,14-15,22,30,33-48H2,1-3H3/b10-7-,12-9-,16-13-,20-17-,21-19-,24-23-,26-25+,28-27-,31-29-,32-18-. The van der Waals surface area contributed by atoms with Crippen LogP contribution in [0.25, 0.3) is 0 Å². The van der Waals surface area contributed by atoms with Crippen LogP contribution in [0, 0.1) is 0 Å². The average Bonchev–Trinajstić information content (AvgIpc) is 3.22. The van der Waals surface area contributed by atoms with Crippen molar-refractivity contribution in [3.8, 4) is 0 Å². The zero-order valence-electron chi connectivity index (χ0n) is 36.8. The van der Waals surface area contributed by atoms with Crippen LogP contribution in [0.3, 0.4) is 0 Å². The maximum atomic E-state index is 12.7. The summed E-state index contributed by atoms with van der Waals surface area (Å²) in [6.07, 6.45) is 61.9. The third-order valence-corrected chi connectivity index (χ3v) is 8.88. The molecule has 0 spiro atoms. The number of allylic oxidation sites excluding steroid dienone is 20. The third-order valence-electron chi connectivity index (χ3n) is 8.88. The highest BCUT2D eigenvalue weighted by molar-refractivity contribution is 5.71. The first kappa shape index (κ1) is 53.8. The Kier molecular flexibility index (Phi) is 42.2. The van der Waals surface area contributed by atoms with Crippen molar-refractivity contribution in [2.75, 3.05) is 13.2 Å². The fraction of sp³-hybridized carbons (Fsp3) is 0.558. The third kappa shape index (κ3) is 42.9. The first-order valence-electron chi connectivity index (χ1n) is 22.6. The van der Waals surface area contributed by atoms with E-state index < -0.39 is 6.10 Å². The van der Waals surface area contributed by atoms with Crippen LogP contribution in [-0.4, -0.2) is 37.2 Å². The van der Waals surface area contributed by atoms with Gasteiger partial charge in [0, 0.05) is 19.3 Å². The van der Waals surface area contributed by atoms with Gasteiger partial charge in [0.2, 0.25) is 0 Å². The summed E-state index contributed by atoms with van der Waals surface area (Å²) in [6, 6.07) is 0. The van der Waals surface area contributed by atoms with Crippen molar-refractivity contribution < 1.29 is 28.6 Å². The number of unbranched alkanes of at least 4 members (excludes halogenated alkanes) is 13. The molecule has 0 amide bonds. The van der Waals surface area contributed by atoms with Gasteiger partial charge in [0.25, 0.3) is 0 Å². The van der Waals surface area contributed by atoms with Crippen LogP contribution in [0.1, 0.15) is 168 Å². The molecule has 0 aromatic carbocycles. The molecule has 6 nitrogen and oxygen atoms in total. The summed E-state index contributed by atoms with van der Waals surface area (Å²) in [5.41, 5.74) is 0. The van der Waals surface area contributed by atoms with Gasteiger partial charge < -0.3 is 14.2 Å². The Morgan fingerprint density at radius 1 is 0.379 bits per heavy atom. The number of ether oxygens (including phenoxy) is 3. The molecule has 0 N–H and O–H groups in total. The van der Waals surface area contributed by atoms with Crippen LogP contribution in [0.5, 0.6) is 0 Å². The van der Waals surface area contributed by atoms with E-state index in [-0.39, 0.29) is 31.1 Å². The molecule has 1 unspecified atom stereocenters. The normalized spacial score (nSPS) is 13.2. The topological polar surface area (TPSA) is 78.9 Å². The van der Waals surface area contributed by atoms with Gasteiger partial charge in [0.15, 0.2) is 6.10 Å². The van der Waals surface area contributed by atoms with Crippen molar-refractivity contribution in [3.63, 3.8) is 0 Å². The molecule has 0 radical (unpaired) electrons. The molecule has 1 atom stereocenters. The fourth-order valence-electron chi connectivity index (χ4n) is 5.51. The molecule has 0 aliphatic carbocycles. The van der Waals surface area contributed by atoms with E-state index in [0.717, 1.165) is 96.3 Å². The monoisotopic (exact) mass is 801 g/mol. The predicted octanol–water partition coefficient (Wildman–Crippen LogP) is 14.6. The molecule has 0 saturated carbocycles. The highest BCUT2D eigenvalue weighted by Gasteiger charge is 2.19. The lowest BCUT2D eigenvalue weighted by atomic mass is 10.1. The molecule has 0 aromatic heterocycles. The van der Waals surface area contributed by atoms with Gasteiger partial charge in [-0.2, -0.15) is 0 Å². The van der Waals surface area contributed by atoms with E-state index in [1.165, 1.54) is 32.1 Å². The lowest BCUT2D eigenvalue weighted by molar-refractivity contribution is -0.167. The Morgan fingerprint density at radius 3 is 1.31 bits per heavy atom. The molecule has 0 bridgehead atoms. The molecule has 0 fully saturated rings. The summed E-state index contributed by atoms with van der Waals surface area (Å²) < 4.78 is 16.6. The van der Waals surface area contributed by atoms with Gasteiger partial charge in [0.1, 0.15) is 13.2 Å². The van der Waals surface area contributed by atoms with Gasteiger partial charge >= 0.3 is 17.9 Å². The van der Waals surface area contributed by atoms with Crippen molar-refractivity contribution in [2.45, 2.75) is 175 Å². The molecule has 0 aromatic rings. The molecule has 324 valence electrons. The highest BCUT2D eigenvalue weighted by atomic mass is 16.6. The van der Waals surface area contributed by atoms with E-state index in [4.69, 9.17) is 14.2 Å². The van der Waals surface area contributed by atoms with Crippen molar-refractivity contribution >= 4 is 17.9 Å². The second-order valence-corrected chi connectivity index (χ2v) is 14.4. The van der Waals surface area contributed by atoms with Gasteiger partial charge in [-0.3, -0.25) is 14.4 Å². The van der Waals surface area contributed by atoms with Crippen LogP contribution >= 0.6 is 0 Å². The maximum absolute atomic E-state index is 12.7. The van der Waals surface area contributed by atoms with Gasteiger partial charge in [-0.25, -0.2) is 0 Å². The summed E-state index contributed by atoms with van der Waals surface area (Å²) in [7, 11) is 0. The van der Waals surface area contributed by atoms with Crippen molar-refractivity contribution in [3.05, 3.63) is 122 Å². The minimum Gasteiger partial charge on any atom is -0.462 e. The van der Waals surface area contributed by atoms with Crippen LogP contribution in [0.4, 0.5) is 0 Å². The van der Waals surface area contributed by atoms with E-state index in [9.17, 15) is 14.4 Å². The molecular formula is C52H80O6. The van der Waals surface area contributed by atoms with Crippen LogP contribution in [0.15, 0.2) is 122 Å². The second kappa shape index (κ2) is 45.5. The zero-order valence-corrected chi connectivity index (χ0v) is 36.8. The summed E-state index contributed by atoms with van der Waals surface area (Å²) in [5, 5.41) is 0. The number of rotatable bonds is 38. The van der Waals surface area contributed by atoms with Gasteiger partial charge in [-0.1, -0.05) is 181 Å². The van der Waals surface area contributed by atoms with Crippen molar-refractivity contribution in [2.24, 2.45) is 0 Å². The Balaban J connectivity index is 4.52. The van der Waals surface area contributed by atoms with E-state index >= 15 is 0 Å². The second-order valence-electron chi connectivity index (χ2n) is 14.4. The number of hydrogen-bond acceptors (Lipinski definition) is 6. The molecule has 0 aliphatic heterocycles. The summed E-state index contributed by atoms with van der Waals surface area (Å²) in [5.74, 6) is -1.02. The van der Waals surface area contributed by atoms with Gasteiger partial charge in [0.05, 0.1) is 0 Å². The Labute approximate surface area is 354 Å². The minimum atomic E-state index is -0.815. The van der Waals surface area contributed by atoms with Gasteiger partial charge in [-0.15, -0.1) is 0 Å². The Morgan fingerprint density at radius 2 is 0.759 bits per heavy atom. The first-order chi connectivity index (χ1) is 28.5. The number of hydrogen-bond donors (Lipinski definition) is 0. The zero-order chi connectivity index (χ0) is 42.3. The molecule has 0 aliphatic rings. The molecule has 0 rings (SSSR count). The number of carbonyl (C=O) groups excluding carboxylic acids is 3. The quantitative estimate of drug-likeness (QED) is 0.0203. The van der Waals surface area contributed by atoms with E-state index in [1.54, 1.807) is 0 Å². The van der Waals surface area contributed by atoms with Crippen LogP contribution in [-0.2, 0) is 28.6 Å². The molecular weight excluding hydrogens is 721 g/mol. The maximum Gasteiger partial charge on any atom is 0.306 e. The molecule has 0 saturated heterocycles. The molecule has 58 heavy (non-hydrogen) atoms. The lowest BCUT2D eigenvalue weighted by Gasteiger charge is -2.18. The fourth-order valence-corrected chi connectivity index (χ4v) is 5.51. The number of esters is 3. The van der Waals surface area contributed by atoms with Crippen molar-refractivity contribution in [1.29, 1.82) is 0 Å². The smallest absolute Gasteiger partial charge is 0.306 e. The SMILES string of the molecule is CC\C=C/C=C\C=C/C=C\C=C\C=C/C=C\CCCCCC(=O)OCC(COC(=O)CCCC/C=C\C/C=C\CC)OC(=O)CCCCCCC/C=C\CCCCC. The summed E-state index contributed by atoms with van der Waals surface area (Å²) in [6.45, 7) is 6.22. The van der Waals surface area contributed by atoms with Crippen LogP contribution < -0.4 is 0 Å². The highest BCUT2D eigenvalue weighted by Crippen LogP contribution is 2.12. The van der Waals surface area contributed by atoms with Crippen molar-refractivity contribution in [1.82, 2.24) is 0 Å². The van der Waals surface area contributed by atoms with E-state index in [1.807, 2.05) is 72.9 Å². The summed E-state index contributed by atoms with van der Waals surface area (Å²) in [4.78, 5) is 37.7. The summed E-state index contributed by atoms with van der Waals surface area (Å²) >= 11 is 0. The largest absolute Gasteiger partial charge is 0.462 e.